The van der Waals surface area contributed by atoms with E-state index in [1.807, 2.05) is 51.1 Å². The fraction of sp³-hybridized carbons (Fsp3) is 0.350. The van der Waals surface area contributed by atoms with E-state index < -0.39 is 10.1 Å². The van der Waals surface area contributed by atoms with Crippen molar-refractivity contribution in [3.8, 4) is 5.75 Å². The van der Waals surface area contributed by atoms with Gasteiger partial charge in [-0.3, -0.25) is 0 Å². The lowest BCUT2D eigenvalue weighted by Gasteiger charge is -2.27. The first-order valence-corrected chi connectivity index (χ1v) is 10.4. The van der Waals surface area contributed by atoms with Gasteiger partial charge in [0.2, 0.25) is 0 Å². The maximum absolute atomic E-state index is 12.7. The van der Waals surface area contributed by atoms with Gasteiger partial charge in [0.25, 0.3) is 0 Å². The minimum absolute atomic E-state index is 0.0428. The third-order valence-corrected chi connectivity index (χ3v) is 5.14. The lowest BCUT2D eigenvalue weighted by atomic mass is 10.2. The summed E-state index contributed by atoms with van der Waals surface area (Å²) in [6, 6.07) is 14.1. The number of carbonyl (C=O) groups is 1. The van der Waals surface area contributed by atoms with Crippen molar-refractivity contribution in [1.82, 2.24) is 4.90 Å². The summed E-state index contributed by atoms with van der Waals surface area (Å²) in [6.07, 6.45) is 0. The van der Waals surface area contributed by atoms with E-state index in [9.17, 15) is 13.2 Å². The lowest BCUT2D eigenvalue weighted by molar-refractivity contribution is 0.193. The molecule has 0 saturated heterocycles. The predicted octanol–water partition coefficient (Wildman–Crippen LogP) is 4.17. The maximum atomic E-state index is 12.7. The van der Waals surface area contributed by atoms with Gasteiger partial charge in [0.1, 0.15) is 5.75 Å². The van der Waals surface area contributed by atoms with E-state index in [1.165, 1.54) is 6.92 Å². The molecular formula is C20H26N2O4S. The second-order valence-electron chi connectivity index (χ2n) is 6.60. The molecule has 2 aromatic carbocycles. The molecule has 0 radical (unpaired) electrons. The minimum Gasteiger partial charge on any atom is -0.382 e. The zero-order valence-corrected chi connectivity index (χ0v) is 16.9. The van der Waals surface area contributed by atoms with Crippen LogP contribution in [0.4, 0.5) is 10.5 Å². The first-order chi connectivity index (χ1) is 12.7. The van der Waals surface area contributed by atoms with Gasteiger partial charge in [-0.25, -0.2) is 4.79 Å². The van der Waals surface area contributed by atoms with Gasteiger partial charge in [-0.1, -0.05) is 24.3 Å². The molecule has 2 amide bonds. The number of hydrogen-bond acceptors (Lipinski definition) is 4. The number of aryl methyl sites for hydroxylation is 1. The fourth-order valence-corrected chi connectivity index (χ4v) is 3.02. The molecule has 27 heavy (non-hydrogen) atoms. The Labute approximate surface area is 161 Å². The molecule has 0 aliphatic carbocycles. The van der Waals surface area contributed by atoms with Crippen LogP contribution in [0.1, 0.15) is 31.9 Å². The van der Waals surface area contributed by atoms with Crippen molar-refractivity contribution < 1.29 is 17.4 Å². The van der Waals surface area contributed by atoms with Crippen LogP contribution >= 0.6 is 0 Å². The maximum Gasteiger partial charge on any atom is 0.322 e. The summed E-state index contributed by atoms with van der Waals surface area (Å²) >= 11 is 0. The van der Waals surface area contributed by atoms with Crippen LogP contribution < -0.4 is 9.50 Å². The molecule has 0 fully saturated rings. The van der Waals surface area contributed by atoms with Gasteiger partial charge in [0.05, 0.1) is 5.75 Å². The van der Waals surface area contributed by atoms with Crippen molar-refractivity contribution in [2.24, 2.45) is 0 Å². The second-order valence-corrected chi connectivity index (χ2v) is 8.46. The Kier molecular flexibility index (Phi) is 6.85. The van der Waals surface area contributed by atoms with Gasteiger partial charge in [0.15, 0.2) is 0 Å². The molecule has 0 aromatic heterocycles. The van der Waals surface area contributed by atoms with Crippen molar-refractivity contribution >= 4 is 21.8 Å². The summed E-state index contributed by atoms with van der Waals surface area (Å²) in [6.45, 7) is 7.68. The van der Waals surface area contributed by atoms with Gasteiger partial charge >= 0.3 is 16.1 Å². The molecule has 0 spiro atoms. The molecule has 0 unspecified atom stereocenters. The van der Waals surface area contributed by atoms with Crippen LogP contribution in [-0.4, -0.2) is 31.1 Å². The standard InChI is InChI=1S/C20H26N2O4S/c1-5-27(24,25)26-19-11-7-9-17(13-19)14-22(15(2)3)20(23)21-18-10-6-8-16(4)12-18/h6-13,15H,5,14H2,1-4H3,(H,21,23). The van der Waals surface area contributed by atoms with Crippen molar-refractivity contribution in [2.45, 2.75) is 40.3 Å². The molecule has 6 nitrogen and oxygen atoms in total. The Hall–Kier alpha value is -2.54. The quantitative estimate of drug-likeness (QED) is 0.720. The SMILES string of the molecule is CCS(=O)(=O)Oc1cccc(CN(C(=O)Nc2cccc(C)c2)C(C)C)c1. The predicted molar refractivity (Wildman–Crippen MR) is 107 cm³/mol. The first-order valence-electron chi connectivity index (χ1n) is 8.85. The van der Waals surface area contributed by atoms with E-state index in [0.717, 1.165) is 16.8 Å². The number of nitrogens with zero attached hydrogens (tertiary/aromatic N) is 1. The van der Waals surface area contributed by atoms with Crippen LogP contribution in [0.3, 0.4) is 0 Å². The van der Waals surface area contributed by atoms with Crippen LogP contribution in [0.15, 0.2) is 48.5 Å². The molecule has 0 aliphatic heterocycles. The van der Waals surface area contributed by atoms with Crippen LogP contribution in [0.25, 0.3) is 0 Å². The van der Waals surface area contributed by atoms with E-state index in [2.05, 4.69) is 5.32 Å². The average Bonchev–Trinajstić information content (AvgIpc) is 2.59. The second kappa shape index (κ2) is 8.90. The summed E-state index contributed by atoms with van der Waals surface area (Å²) < 4.78 is 28.4. The molecule has 0 heterocycles. The molecule has 0 aliphatic rings. The van der Waals surface area contributed by atoms with Crippen LogP contribution in [0, 0.1) is 6.92 Å². The number of rotatable bonds is 7. The third-order valence-electron chi connectivity index (χ3n) is 3.98. The van der Waals surface area contributed by atoms with E-state index in [-0.39, 0.29) is 23.6 Å². The number of hydrogen-bond donors (Lipinski definition) is 1. The fourth-order valence-electron chi connectivity index (χ4n) is 2.50. The van der Waals surface area contributed by atoms with Crippen LogP contribution in [-0.2, 0) is 16.7 Å². The highest BCUT2D eigenvalue weighted by Gasteiger charge is 2.18. The van der Waals surface area contributed by atoms with Crippen molar-refractivity contribution in [3.63, 3.8) is 0 Å². The smallest absolute Gasteiger partial charge is 0.322 e. The molecule has 0 atom stereocenters. The summed E-state index contributed by atoms with van der Waals surface area (Å²) in [5.41, 5.74) is 2.58. The lowest BCUT2D eigenvalue weighted by Crippen LogP contribution is -2.39. The summed E-state index contributed by atoms with van der Waals surface area (Å²) in [5, 5.41) is 2.91. The number of anilines is 1. The van der Waals surface area contributed by atoms with Gasteiger partial charge in [0, 0.05) is 18.3 Å². The number of nitrogens with one attached hydrogen (secondary N) is 1. The molecule has 0 bridgehead atoms. The molecule has 146 valence electrons. The zero-order valence-electron chi connectivity index (χ0n) is 16.1. The van der Waals surface area contributed by atoms with Gasteiger partial charge < -0.3 is 14.4 Å². The molecule has 1 N–H and O–H groups in total. The summed E-state index contributed by atoms with van der Waals surface area (Å²) in [7, 11) is -3.59. The highest BCUT2D eigenvalue weighted by Crippen LogP contribution is 2.19. The van der Waals surface area contributed by atoms with Crippen LogP contribution in [0.2, 0.25) is 0 Å². The topological polar surface area (TPSA) is 75.7 Å². The van der Waals surface area contributed by atoms with Crippen LogP contribution in [0.5, 0.6) is 5.75 Å². The Morgan fingerprint density at radius 1 is 1.15 bits per heavy atom. The zero-order chi connectivity index (χ0) is 20.0. The molecule has 2 rings (SSSR count). The Morgan fingerprint density at radius 3 is 2.48 bits per heavy atom. The van der Waals surface area contributed by atoms with Crippen molar-refractivity contribution in [1.29, 1.82) is 0 Å². The Bertz CT molecular complexity index is 894. The van der Waals surface area contributed by atoms with Crippen molar-refractivity contribution in [3.05, 3.63) is 59.7 Å². The third kappa shape index (κ3) is 6.29. The molecule has 0 saturated carbocycles. The van der Waals surface area contributed by atoms with Crippen molar-refractivity contribution in [2.75, 3.05) is 11.1 Å². The van der Waals surface area contributed by atoms with Gasteiger partial charge in [-0.15, -0.1) is 0 Å². The first kappa shape index (κ1) is 20.8. The average molecular weight is 391 g/mol. The molecule has 7 heteroatoms. The normalized spacial score (nSPS) is 11.3. The minimum atomic E-state index is -3.59. The number of carbonyl (C=O) groups excluding carboxylic acids is 1. The van der Waals surface area contributed by atoms with E-state index in [1.54, 1.807) is 23.1 Å². The monoisotopic (exact) mass is 390 g/mol. The molecule has 2 aromatic rings. The number of urea groups is 1. The number of amides is 2. The highest BCUT2D eigenvalue weighted by atomic mass is 32.2. The molecular weight excluding hydrogens is 364 g/mol. The van der Waals surface area contributed by atoms with Gasteiger partial charge in [-0.05, 0) is 63.1 Å². The Morgan fingerprint density at radius 2 is 1.85 bits per heavy atom. The summed E-state index contributed by atoms with van der Waals surface area (Å²) in [5.74, 6) is 0.144. The van der Waals surface area contributed by atoms with E-state index in [4.69, 9.17) is 4.18 Å². The highest BCUT2D eigenvalue weighted by molar-refractivity contribution is 7.87. The summed E-state index contributed by atoms with van der Waals surface area (Å²) in [4.78, 5) is 14.4. The van der Waals surface area contributed by atoms with Gasteiger partial charge in [-0.2, -0.15) is 8.42 Å². The number of benzene rings is 2. The largest absolute Gasteiger partial charge is 0.382 e. The van der Waals surface area contributed by atoms with E-state index >= 15 is 0 Å². The Balaban J connectivity index is 2.15. The van der Waals surface area contributed by atoms with E-state index in [0.29, 0.717) is 6.54 Å².